The maximum absolute atomic E-state index is 6.00. The van der Waals surface area contributed by atoms with Crippen LogP contribution in [0.15, 0.2) is 68.7 Å². The lowest BCUT2D eigenvalue weighted by molar-refractivity contribution is 0.461. The summed E-state index contributed by atoms with van der Waals surface area (Å²) < 4.78 is 11.5. The normalized spacial score (nSPS) is 12.2. The van der Waals surface area contributed by atoms with E-state index in [1.54, 1.807) is 12.1 Å². The second-order valence-corrected chi connectivity index (χ2v) is 7.18. The van der Waals surface area contributed by atoms with Crippen LogP contribution in [0.2, 0.25) is 5.02 Å². The molecule has 2 heterocycles. The largest absolute Gasteiger partial charge is 0.419 e. The van der Waals surface area contributed by atoms with Crippen LogP contribution in [0.5, 0.6) is 0 Å². The zero-order valence-electron chi connectivity index (χ0n) is 13.7. The van der Waals surface area contributed by atoms with Crippen LogP contribution in [0.4, 0.5) is 0 Å². The molecule has 0 fully saturated rings. The fourth-order valence-electron chi connectivity index (χ4n) is 2.29. The monoisotopic (exact) mass is 384 g/mol. The zero-order valence-corrected chi connectivity index (χ0v) is 15.2. The molecular formula is C18H13ClN4O2S. The summed E-state index contributed by atoms with van der Waals surface area (Å²) in [5.74, 6) is 1.40. The fourth-order valence-corrected chi connectivity index (χ4v) is 3.20. The molecule has 4 rings (SSSR count). The average molecular weight is 385 g/mol. The number of benzene rings is 2. The molecular weight excluding hydrogens is 372 g/mol. The molecule has 0 unspecified atom stereocenters. The number of hydrogen-bond acceptors (Lipinski definition) is 7. The number of nitrogens with zero attached hydrogens (tertiary/aromatic N) is 4. The van der Waals surface area contributed by atoms with Crippen molar-refractivity contribution in [2.24, 2.45) is 0 Å². The molecule has 0 aliphatic heterocycles. The second kappa shape index (κ2) is 7.31. The first kappa shape index (κ1) is 16.8. The summed E-state index contributed by atoms with van der Waals surface area (Å²) in [6, 6.07) is 16.9. The van der Waals surface area contributed by atoms with Gasteiger partial charge in [-0.2, -0.15) is 0 Å². The van der Waals surface area contributed by atoms with E-state index in [0.717, 1.165) is 11.1 Å². The maximum atomic E-state index is 6.00. The summed E-state index contributed by atoms with van der Waals surface area (Å²) in [6.07, 6.45) is 0. The Labute approximate surface area is 158 Å². The van der Waals surface area contributed by atoms with E-state index in [0.29, 0.717) is 27.9 Å². The van der Waals surface area contributed by atoms with Crippen molar-refractivity contribution in [1.29, 1.82) is 0 Å². The Morgan fingerprint density at radius 1 is 0.846 bits per heavy atom. The van der Waals surface area contributed by atoms with Gasteiger partial charge in [-0.15, -0.1) is 20.4 Å². The molecule has 0 N–H and O–H groups in total. The Balaban J connectivity index is 1.49. The summed E-state index contributed by atoms with van der Waals surface area (Å²) in [4.78, 5) is 0. The molecule has 0 amide bonds. The van der Waals surface area contributed by atoms with Gasteiger partial charge in [0.25, 0.3) is 5.22 Å². The highest BCUT2D eigenvalue weighted by Gasteiger charge is 2.19. The van der Waals surface area contributed by atoms with Crippen LogP contribution in [0.3, 0.4) is 0 Å². The van der Waals surface area contributed by atoms with Gasteiger partial charge in [-0.25, -0.2) is 0 Å². The molecule has 0 saturated carbocycles. The molecule has 130 valence electrons. The van der Waals surface area contributed by atoms with Crippen LogP contribution in [0.25, 0.3) is 22.9 Å². The van der Waals surface area contributed by atoms with Gasteiger partial charge in [-0.3, -0.25) is 0 Å². The second-order valence-electron chi connectivity index (χ2n) is 5.46. The minimum Gasteiger partial charge on any atom is -0.419 e. The van der Waals surface area contributed by atoms with E-state index in [4.69, 9.17) is 20.4 Å². The first-order valence-corrected chi connectivity index (χ1v) is 9.10. The van der Waals surface area contributed by atoms with Crippen molar-refractivity contribution in [3.63, 3.8) is 0 Å². The van der Waals surface area contributed by atoms with Crippen molar-refractivity contribution in [3.8, 4) is 22.9 Å². The third-order valence-corrected chi connectivity index (χ3v) is 4.72. The third-order valence-electron chi connectivity index (χ3n) is 3.56. The number of rotatable bonds is 5. The molecule has 6 nitrogen and oxygen atoms in total. The summed E-state index contributed by atoms with van der Waals surface area (Å²) >= 11 is 7.35. The van der Waals surface area contributed by atoms with E-state index < -0.39 is 0 Å². The smallest absolute Gasteiger partial charge is 0.277 e. The van der Waals surface area contributed by atoms with E-state index >= 15 is 0 Å². The summed E-state index contributed by atoms with van der Waals surface area (Å²) in [7, 11) is 0. The fraction of sp³-hybridized carbons (Fsp3) is 0.111. The molecule has 0 spiro atoms. The molecule has 26 heavy (non-hydrogen) atoms. The lowest BCUT2D eigenvalue weighted by Crippen LogP contribution is -1.88. The lowest BCUT2D eigenvalue weighted by atomic mass is 10.2. The maximum Gasteiger partial charge on any atom is 0.277 e. The van der Waals surface area contributed by atoms with Gasteiger partial charge >= 0.3 is 0 Å². The highest BCUT2D eigenvalue weighted by atomic mass is 35.5. The zero-order chi connectivity index (χ0) is 17.9. The molecule has 0 bridgehead atoms. The van der Waals surface area contributed by atoms with Crippen molar-refractivity contribution < 1.29 is 8.83 Å². The molecule has 8 heteroatoms. The Morgan fingerprint density at radius 2 is 1.58 bits per heavy atom. The van der Waals surface area contributed by atoms with Crippen LogP contribution in [0.1, 0.15) is 18.1 Å². The predicted molar refractivity (Wildman–Crippen MR) is 98.8 cm³/mol. The van der Waals surface area contributed by atoms with E-state index in [2.05, 4.69) is 20.4 Å². The molecule has 4 aromatic rings. The predicted octanol–water partition coefficient (Wildman–Crippen LogP) is 5.29. The van der Waals surface area contributed by atoms with Gasteiger partial charge in [0.1, 0.15) is 0 Å². The number of halogens is 1. The highest BCUT2D eigenvalue weighted by Crippen LogP contribution is 2.35. The van der Waals surface area contributed by atoms with Gasteiger partial charge in [0, 0.05) is 16.1 Å². The van der Waals surface area contributed by atoms with Crippen molar-refractivity contribution in [2.75, 3.05) is 0 Å². The molecule has 0 aliphatic rings. The average Bonchev–Trinajstić information content (AvgIpc) is 3.32. The van der Waals surface area contributed by atoms with Gasteiger partial charge in [0.05, 0.1) is 5.25 Å². The number of aromatic nitrogens is 4. The van der Waals surface area contributed by atoms with Crippen molar-refractivity contribution in [1.82, 2.24) is 20.4 Å². The van der Waals surface area contributed by atoms with Gasteiger partial charge in [0.15, 0.2) is 0 Å². The van der Waals surface area contributed by atoms with E-state index in [1.807, 2.05) is 49.4 Å². The van der Waals surface area contributed by atoms with Crippen LogP contribution in [-0.2, 0) is 0 Å². The van der Waals surface area contributed by atoms with Crippen LogP contribution in [-0.4, -0.2) is 20.4 Å². The Hall–Kier alpha value is -2.64. The number of hydrogen-bond donors (Lipinski definition) is 0. The minimum absolute atomic E-state index is 0.132. The summed E-state index contributed by atoms with van der Waals surface area (Å²) in [5.41, 5.74) is 1.65. The van der Waals surface area contributed by atoms with Crippen molar-refractivity contribution >= 4 is 23.4 Å². The van der Waals surface area contributed by atoms with E-state index in [1.165, 1.54) is 11.8 Å². The SMILES string of the molecule is C[C@H](Sc1nnc(-c2cccc(Cl)c2)o1)c1nnc(-c2ccccc2)o1. The number of thioether (sulfide) groups is 1. The first-order valence-electron chi connectivity index (χ1n) is 7.84. The molecule has 0 aliphatic carbocycles. The topological polar surface area (TPSA) is 77.8 Å². The first-order chi connectivity index (χ1) is 12.7. The Kier molecular flexibility index (Phi) is 4.73. The Bertz CT molecular complexity index is 1020. The molecule has 1 atom stereocenters. The third kappa shape index (κ3) is 3.63. The molecule has 0 saturated heterocycles. The molecule has 2 aromatic carbocycles. The highest BCUT2D eigenvalue weighted by molar-refractivity contribution is 7.99. The quantitative estimate of drug-likeness (QED) is 0.432. The summed E-state index contributed by atoms with van der Waals surface area (Å²) in [6.45, 7) is 1.94. The van der Waals surface area contributed by atoms with Gasteiger partial charge in [0.2, 0.25) is 17.7 Å². The van der Waals surface area contributed by atoms with Crippen LogP contribution >= 0.6 is 23.4 Å². The minimum atomic E-state index is -0.132. The van der Waals surface area contributed by atoms with E-state index in [9.17, 15) is 0 Å². The van der Waals surface area contributed by atoms with Crippen LogP contribution < -0.4 is 0 Å². The van der Waals surface area contributed by atoms with Crippen molar-refractivity contribution in [2.45, 2.75) is 17.4 Å². The standard InChI is InChI=1S/C18H13ClN4O2S/c1-11(15-20-21-16(24-15)12-6-3-2-4-7-12)26-18-23-22-17(25-18)13-8-5-9-14(19)10-13/h2-11H,1H3/t11-/m0/s1. The van der Waals surface area contributed by atoms with E-state index in [-0.39, 0.29) is 5.25 Å². The van der Waals surface area contributed by atoms with Gasteiger partial charge in [-0.1, -0.05) is 47.6 Å². The molecule has 0 radical (unpaired) electrons. The summed E-state index contributed by atoms with van der Waals surface area (Å²) in [5, 5.41) is 17.3. The Morgan fingerprint density at radius 3 is 2.38 bits per heavy atom. The lowest BCUT2D eigenvalue weighted by Gasteiger charge is -2.01. The van der Waals surface area contributed by atoms with Gasteiger partial charge in [-0.05, 0) is 37.3 Å². The molecule has 2 aromatic heterocycles. The van der Waals surface area contributed by atoms with Crippen molar-refractivity contribution in [3.05, 3.63) is 65.5 Å². The van der Waals surface area contributed by atoms with Gasteiger partial charge < -0.3 is 8.83 Å². The van der Waals surface area contributed by atoms with Crippen LogP contribution in [0, 0.1) is 0 Å².